The predicted molar refractivity (Wildman–Crippen MR) is 83.4 cm³/mol. The molecule has 2 saturated heterocycles. The van der Waals surface area contributed by atoms with E-state index in [-0.39, 0.29) is 0 Å². The van der Waals surface area contributed by atoms with Crippen molar-refractivity contribution in [1.29, 1.82) is 0 Å². The minimum atomic E-state index is 0.315. The summed E-state index contributed by atoms with van der Waals surface area (Å²) in [5, 5.41) is 3.28. The van der Waals surface area contributed by atoms with Gasteiger partial charge in [0.05, 0.1) is 6.61 Å². The molecule has 0 aromatic carbocycles. The molecule has 0 aromatic rings. The summed E-state index contributed by atoms with van der Waals surface area (Å²) in [5.41, 5.74) is 0. The average molecular weight is 298 g/mol. The van der Waals surface area contributed by atoms with Gasteiger partial charge in [0, 0.05) is 78.5 Å². The number of hydrogen-bond donors (Lipinski definition) is 1. The maximum absolute atomic E-state index is 12.1. The van der Waals surface area contributed by atoms with Crippen molar-refractivity contribution in [3.05, 3.63) is 0 Å². The summed E-state index contributed by atoms with van der Waals surface area (Å²) in [6, 6.07) is 0. The summed E-state index contributed by atoms with van der Waals surface area (Å²) >= 11 is 0. The number of hydrogen-bond acceptors (Lipinski definition) is 5. The molecule has 2 aliphatic rings. The zero-order chi connectivity index (χ0) is 14.9. The molecule has 0 unspecified atom stereocenters. The van der Waals surface area contributed by atoms with Gasteiger partial charge in [-0.05, 0) is 6.92 Å². The Morgan fingerprint density at radius 2 is 1.62 bits per heavy atom. The molecule has 2 aliphatic heterocycles. The summed E-state index contributed by atoms with van der Waals surface area (Å²) in [5.74, 6) is 0.315. The Kier molecular flexibility index (Phi) is 7.43. The Morgan fingerprint density at radius 3 is 2.24 bits per heavy atom. The highest BCUT2D eigenvalue weighted by atomic mass is 16.5. The zero-order valence-corrected chi connectivity index (χ0v) is 13.4. The third-order valence-electron chi connectivity index (χ3n) is 4.33. The Hall–Kier alpha value is -0.690. The molecule has 21 heavy (non-hydrogen) atoms. The highest BCUT2D eigenvalue weighted by Gasteiger charge is 2.20. The van der Waals surface area contributed by atoms with Crippen LogP contribution in [0.1, 0.15) is 13.3 Å². The van der Waals surface area contributed by atoms with Gasteiger partial charge in [0.15, 0.2) is 0 Å². The third kappa shape index (κ3) is 5.90. The van der Waals surface area contributed by atoms with E-state index >= 15 is 0 Å². The summed E-state index contributed by atoms with van der Waals surface area (Å²) in [7, 11) is 0. The first-order valence-corrected chi connectivity index (χ1v) is 8.30. The molecule has 1 amide bonds. The van der Waals surface area contributed by atoms with Gasteiger partial charge in [0.2, 0.25) is 5.91 Å². The monoisotopic (exact) mass is 298 g/mol. The van der Waals surface area contributed by atoms with Crippen molar-refractivity contribution in [3.63, 3.8) is 0 Å². The molecule has 0 radical (unpaired) electrons. The molecule has 6 nitrogen and oxygen atoms in total. The van der Waals surface area contributed by atoms with Crippen molar-refractivity contribution in [2.75, 3.05) is 78.7 Å². The summed E-state index contributed by atoms with van der Waals surface area (Å²) < 4.78 is 5.40. The number of nitrogens with one attached hydrogen (secondary N) is 1. The summed E-state index contributed by atoms with van der Waals surface area (Å²) in [6.07, 6.45) is 0.666. The second-order valence-electron chi connectivity index (χ2n) is 5.76. The lowest BCUT2D eigenvalue weighted by Crippen LogP contribution is -2.49. The number of carbonyl (C=O) groups excluding carboxylic acids is 1. The van der Waals surface area contributed by atoms with E-state index in [1.807, 2.05) is 11.8 Å². The first kappa shape index (κ1) is 16.7. The molecule has 0 aromatic heterocycles. The molecule has 1 N–H and O–H groups in total. The molecular weight excluding hydrogens is 268 g/mol. The average Bonchev–Trinajstić information content (AvgIpc) is 2.55. The lowest BCUT2D eigenvalue weighted by molar-refractivity contribution is -0.132. The van der Waals surface area contributed by atoms with Crippen molar-refractivity contribution in [2.24, 2.45) is 0 Å². The van der Waals surface area contributed by atoms with Crippen LogP contribution in [0.4, 0.5) is 0 Å². The standard InChI is InChI=1S/C15H30N4O2/c1-2-21-14-13-18-11-9-17(10-12-18)6-3-15(20)19-7-4-16-5-8-19/h16H,2-14H2,1H3. The van der Waals surface area contributed by atoms with Gasteiger partial charge < -0.3 is 19.9 Å². The second-order valence-corrected chi connectivity index (χ2v) is 5.76. The van der Waals surface area contributed by atoms with Gasteiger partial charge in [-0.2, -0.15) is 0 Å². The summed E-state index contributed by atoms with van der Waals surface area (Å²) in [6.45, 7) is 13.5. The third-order valence-corrected chi connectivity index (χ3v) is 4.33. The van der Waals surface area contributed by atoms with Crippen LogP contribution in [0.2, 0.25) is 0 Å². The van der Waals surface area contributed by atoms with E-state index < -0.39 is 0 Å². The minimum absolute atomic E-state index is 0.315. The number of carbonyl (C=O) groups is 1. The van der Waals surface area contributed by atoms with E-state index in [4.69, 9.17) is 4.74 Å². The van der Waals surface area contributed by atoms with Crippen LogP contribution in [0.5, 0.6) is 0 Å². The lowest BCUT2D eigenvalue weighted by Gasteiger charge is -2.35. The van der Waals surface area contributed by atoms with Crippen molar-refractivity contribution >= 4 is 5.91 Å². The molecular formula is C15H30N4O2. The van der Waals surface area contributed by atoms with E-state index in [0.717, 1.165) is 78.7 Å². The van der Waals surface area contributed by atoms with Crippen LogP contribution in [0.25, 0.3) is 0 Å². The van der Waals surface area contributed by atoms with Crippen molar-refractivity contribution < 1.29 is 9.53 Å². The molecule has 122 valence electrons. The molecule has 2 heterocycles. The predicted octanol–water partition coefficient (Wildman–Crippen LogP) is -0.538. The van der Waals surface area contributed by atoms with Crippen LogP contribution >= 0.6 is 0 Å². The van der Waals surface area contributed by atoms with Gasteiger partial charge in [0.25, 0.3) is 0 Å². The highest BCUT2D eigenvalue weighted by molar-refractivity contribution is 5.76. The van der Waals surface area contributed by atoms with Gasteiger partial charge >= 0.3 is 0 Å². The van der Waals surface area contributed by atoms with Crippen molar-refractivity contribution in [1.82, 2.24) is 20.0 Å². The SMILES string of the molecule is CCOCCN1CCN(CCC(=O)N2CCNCC2)CC1. The van der Waals surface area contributed by atoms with E-state index in [9.17, 15) is 4.79 Å². The fourth-order valence-corrected chi connectivity index (χ4v) is 2.90. The molecule has 0 aliphatic carbocycles. The van der Waals surface area contributed by atoms with Gasteiger partial charge in [-0.3, -0.25) is 9.69 Å². The van der Waals surface area contributed by atoms with Crippen LogP contribution in [0.3, 0.4) is 0 Å². The van der Waals surface area contributed by atoms with Crippen LogP contribution in [-0.2, 0) is 9.53 Å². The lowest BCUT2D eigenvalue weighted by atomic mass is 10.2. The van der Waals surface area contributed by atoms with Gasteiger partial charge in [-0.25, -0.2) is 0 Å². The number of rotatable bonds is 7. The van der Waals surface area contributed by atoms with Gasteiger partial charge in [-0.1, -0.05) is 0 Å². The molecule has 2 fully saturated rings. The zero-order valence-electron chi connectivity index (χ0n) is 13.4. The highest BCUT2D eigenvalue weighted by Crippen LogP contribution is 2.04. The minimum Gasteiger partial charge on any atom is -0.380 e. The number of piperazine rings is 2. The maximum Gasteiger partial charge on any atom is 0.223 e. The molecule has 0 bridgehead atoms. The largest absolute Gasteiger partial charge is 0.380 e. The van der Waals surface area contributed by atoms with Crippen LogP contribution in [0.15, 0.2) is 0 Å². The fraction of sp³-hybridized carbons (Fsp3) is 0.933. The van der Waals surface area contributed by atoms with Gasteiger partial charge in [-0.15, -0.1) is 0 Å². The molecule has 2 rings (SSSR count). The normalized spacial score (nSPS) is 21.7. The second kappa shape index (κ2) is 9.35. The Bertz CT molecular complexity index is 300. The summed E-state index contributed by atoms with van der Waals surface area (Å²) in [4.78, 5) is 19.0. The van der Waals surface area contributed by atoms with Crippen molar-refractivity contribution in [3.8, 4) is 0 Å². The topological polar surface area (TPSA) is 48.1 Å². The van der Waals surface area contributed by atoms with E-state index in [1.54, 1.807) is 0 Å². The van der Waals surface area contributed by atoms with Crippen LogP contribution < -0.4 is 5.32 Å². The maximum atomic E-state index is 12.1. The quantitative estimate of drug-likeness (QED) is 0.640. The van der Waals surface area contributed by atoms with Gasteiger partial charge in [0.1, 0.15) is 0 Å². The Balaban J connectivity index is 1.57. The van der Waals surface area contributed by atoms with E-state index in [0.29, 0.717) is 12.3 Å². The first-order valence-electron chi connectivity index (χ1n) is 8.30. The molecule has 0 saturated carbocycles. The number of nitrogens with zero attached hydrogens (tertiary/aromatic N) is 3. The van der Waals surface area contributed by atoms with E-state index in [1.165, 1.54) is 0 Å². The Morgan fingerprint density at radius 1 is 1.00 bits per heavy atom. The number of amides is 1. The molecule has 6 heteroatoms. The molecule has 0 atom stereocenters. The van der Waals surface area contributed by atoms with Crippen LogP contribution in [0, 0.1) is 0 Å². The smallest absolute Gasteiger partial charge is 0.223 e. The van der Waals surface area contributed by atoms with Crippen molar-refractivity contribution in [2.45, 2.75) is 13.3 Å². The van der Waals surface area contributed by atoms with E-state index in [2.05, 4.69) is 15.1 Å². The Labute approximate surface area is 128 Å². The fourth-order valence-electron chi connectivity index (χ4n) is 2.90. The van der Waals surface area contributed by atoms with Crippen LogP contribution in [-0.4, -0.2) is 99.3 Å². The first-order chi connectivity index (χ1) is 10.3. The molecule has 0 spiro atoms. The number of ether oxygens (including phenoxy) is 1.